The van der Waals surface area contributed by atoms with Gasteiger partial charge in [-0.2, -0.15) is 4.98 Å². The van der Waals surface area contributed by atoms with Gasteiger partial charge in [0.15, 0.2) is 0 Å². The van der Waals surface area contributed by atoms with Crippen LogP contribution in [0.25, 0.3) is 11.4 Å². The van der Waals surface area contributed by atoms with Crippen LogP contribution in [0.3, 0.4) is 0 Å². The SMILES string of the molecule is COc1ccc(-c2noc([C@H]3CC(=O)N(c4cccc(Cl)c4)C3)n2)c(OC)c1. The summed E-state index contributed by atoms with van der Waals surface area (Å²) in [4.78, 5) is 18.7. The van der Waals surface area contributed by atoms with Crippen molar-refractivity contribution in [1.82, 2.24) is 10.1 Å². The second kappa shape index (κ2) is 7.52. The largest absolute Gasteiger partial charge is 0.497 e. The Hall–Kier alpha value is -3.06. The lowest BCUT2D eigenvalue weighted by molar-refractivity contribution is -0.117. The van der Waals surface area contributed by atoms with E-state index in [4.69, 9.17) is 25.6 Å². The summed E-state index contributed by atoms with van der Waals surface area (Å²) in [5.41, 5.74) is 1.45. The molecule has 0 radical (unpaired) electrons. The first-order chi connectivity index (χ1) is 13.6. The number of hydrogen-bond donors (Lipinski definition) is 0. The van der Waals surface area contributed by atoms with Gasteiger partial charge < -0.3 is 18.9 Å². The number of carbonyl (C=O) groups excluding carboxylic acids is 1. The third-order valence-electron chi connectivity index (χ3n) is 4.69. The van der Waals surface area contributed by atoms with Crippen molar-refractivity contribution in [1.29, 1.82) is 0 Å². The summed E-state index contributed by atoms with van der Waals surface area (Å²) in [6, 6.07) is 12.6. The summed E-state index contributed by atoms with van der Waals surface area (Å²) in [7, 11) is 3.15. The number of methoxy groups -OCH3 is 2. The smallest absolute Gasteiger partial charge is 0.232 e. The molecule has 3 aromatic rings. The molecule has 1 aromatic heterocycles. The standard InChI is InChI=1S/C20H18ClN3O4/c1-26-15-6-7-16(17(10-15)27-2)19-22-20(28-23-19)12-8-18(25)24(11-12)14-5-3-4-13(21)9-14/h3-7,9-10,12H,8,11H2,1-2H3/t12-/m0/s1. The fourth-order valence-electron chi connectivity index (χ4n) is 3.26. The highest BCUT2D eigenvalue weighted by Crippen LogP contribution is 2.35. The van der Waals surface area contributed by atoms with Crippen molar-refractivity contribution >= 4 is 23.2 Å². The molecule has 1 amide bonds. The Kier molecular flexibility index (Phi) is 4.92. The molecule has 0 unspecified atom stereocenters. The third-order valence-corrected chi connectivity index (χ3v) is 4.92. The van der Waals surface area contributed by atoms with Crippen molar-refractivity contribution in [2.75, 3.05) is 25.7 Å². The molecule has 8 heteroatoms. The van der Waals surface area contributed by atoms with Gasteiger partial charge in [0.2, 0.25) is 17.6 Å². The van der Waals surface area contributed by atoms with E-state index in [9.17, 15) is 4.79 Å². The van der Waals surface area contributed by atoms with Crippen molar-refractivity contribution in [3.05, 3.63) is 53.4 Å². The Morgan fingerprint density at radius 2 is 2.04 bits per heavy atom. The molecule has 0 saturated carbocycles. The third kappa shape index (κ3) is 3.41. The Morgan fingerprint density at radius 1 is 1.18 bits per heavy atom. The normalized spacial score (nSPS) is 16.5. The molecule has 2 aromatic carbocycles. The fraction of sp³-hybridized carbons (Fsp3) is 0.250. The molecule has 144 valence electrons. The number of carbonyl (C=O) groups is 1. The number of amides is 1. The maximum Gasteiger partial charge on any atom is 0.232 e. The van der Waals surface area contributed by atoms with Crippen LogP contribution in [0, 0.1) is 0 Å². The van der Waals surface area contributed by atoms with Gasteiger partial charge in [0.25, 0.3) is 0 Å². The van der Waals surface area contributed by atoms with Crippen molar-refractivity contribution in [3.63, 3.8) is 0 Å². The van der Waals surface area contributed by atoms with Gasteiger partial charge in [-0.25, -0.2) is 0 Å². The van der Waals surface area contributed by atoms with Crippen LogP contribution in [0.2, 0.25) is 5.02 Å². The minimum Gasteiger partial charge on any atom is -0.497 e. The average Bonchev–Trinajstić information content (AvgIpc) is 3.34. The van der Waals surface area contributed by atoms with E-state index in [0.29, 0.717) is 46.8 Å². The Bertz CT molecular complexity index is 1020. The summed E-state index contributed by atoms with van der Waals surface area (Å²) in [6.07, 6.45) is 0.299. The second-order valence-electron chi connectivity index (χ2n) is 6.41. The van der Waals surface area contributed by atoms with Crippen LogP contribution in [0.5, 0.6) is 11.5 Å². The number of ether oxygens (including phenoxy) is 2. The van der Waals surface area contributed by atoms with Gasteiger partial charge >= 0.3 is 0 Å². The number of aromatic nitrogens is 2. The number of anilines is 1. The summed E-state index contributed by atoms with van der Waals surface area (Å²) in [5.74, 6) is 1.89. The van der Waals surface area contributed by atoms with Crippen molar-refractivity contribution < 1.29 is 18.8 Å². The van der Waals surface area contributed by atoms with Gasteiger partial charge in [0.1, 0.15) is 11.5 Å². The number of hydrogen-bond acceptors (Lipinski definition) is 6. The molecular formula is C20H18ClN3O4. The summed E-state index contributed by atoms with van der Waals surface area (Å²) < 4.78 is 16.1. The number of halogens is 1. The predicted octanol–water partition coefficient (Wildman–Crippen LogP) is 3.93. The zero-order chi connectivity index (χ0) is 19.7. The zero-order valence-electron chi connectivity index (χ0n) is 15.4. The number of benzene rings is 2. The lowest BCUT2D eigenvalue weighted by Gasteiger charge is -2.16. The van der Waals surface area contributed by atoms with Crippen LogP contribution < -0.4 is 14.4 Å². The monoisotopic (exact) mass is 399 g/mol. The van der Waals surface area contributed by atoms with E-state index in [1.165, 1.54) is 0 Å². The summed E-state index contributed by atoms with van der Waals surface area (Å²) in [6.45, 7) is 0.459. The predicted molar refractivity (Wildman–Crippen MR) is 104 cm³/mol. The molecule has 1 atom stereocenters. The highest BCUT2D eigenvalue weighted by Gasteiger charge is 2.35. The van der Waals surface area contributed by atoms with Crippen molar-refractivity contribution in [3.8, 4) is 22.9 Å². The minimum absolute atomic E-state index is 0.00551. The van der Waals surface area contributed by atoms with E-state index in [1.54, 1.807) is 43.4 Å². The molecule has 0 bridgehead atoms. The van der Waals surface area contributed by atoms with Gasteiger partial charge in [-0.3, -0.25) is 4.79 Å². The van der Waals surface area contributed by atoms with Gasteiger partial charge in [-0.05, 0) is 30.3 Å². The average molecular weight is 400 g/mol. The maximum absolute atomic E-state index is 12.5. The van der Waals surface area contributed by atoms with E-state index >= 15 is 0 Å². The first-order valence-corrected chi connectivity index (χ1v) is 9.08. The van der Waals surface area contributed by atoms with Gasteiger partial charge in [0, 0.05) is 29.7 Å². The van der Waals surface area contributed by atoms with Crippen LogP contribution in [0.15, 0.2) is 47.0 Å². The molecule has 1 saturated heterocycles. The van der Waals surface area contributed by atoms with Crippen molar-refractivity contribution in [2.24, 2.45) is 0 Å². The van der Waals surface area contributed by atoms with Crippen LogP contribution in [-0.2, 0) is 4.79 Å². The summed E-state index contributed by atoms with van der Waals surface area (Å²) in [5, 5.41) is 4.66. The zero-order valence-corrected chi connectivity index (χ0v) is 16.1. The highest BCUT2D eigenvalue weighted by atomic mass is 35.5. The van der Waals surface area contributed by atoms with Gasteiger partial charge in [-0.1, -0.05) is 22.8 Å². The van der Waals surface area contributed by atoms with Gasteiger partial charge in [0.05, 0.1) is 25.7 Å². The Balaban J connectivity index is 1.58. The molecule has 1 fully saturated rings. The number of rotatable bonds is 5. The first-order valence-electron chi connectivity index (χ1n) is 8.71. The number of nitrogens with zero attached hydrogens (tertiary/aromatic N) is 3. The molecule has 4 rings (SSSR count). The summed E-state index contributed by atoms with van der Waals surface area (Å²) >= 11 is 6.05. The van der Waals surface area contributed by atoms with E-state index in [-0.39, 0.29) is 11.8 Å². The van der Waals surface area contributed by atoms with Crippen LogP contribution >= 0.6 is 11.6 Å². The molecule has 0 N–H and O–H groups in total. The topological polar surface area (TPSA) is 77.7 Å². The molecular weight excluding hydrogens is 382 g/mol. The van der Waals surface area contributed by atoms with E-state index < -0.39 is 0 Å². The van der Waals surface area contributed by atoms with Crippen LogP contribution in [0.1, 0.15) is 18.2 Å². The first kappa shape index (κ1) is 18.3. The van der Waals surface area contributed by atoms with E-state index in [1.807, 2.05) is 18.2 Å². The Labute approximate surface area is 166 Å². The molecule has 1 aliphatic heterocycles. The lowest BCUT2D eigenvalue weighted by Crippen LogP contribution is -2.24. The molecule has 28 heavy (non-hydrogen) atoms. The molecule has 0 aliphatic carbocycles. The quantitative estimate of drug-likeness (QED) is 0.647. The molecule has 1 aliphatic rings. The molecule has 2 heterocycles. The second-order valence-corrected chi connectivity index (χ2v) is 6.84. The van der Waals surface area contributed by atoms with E-state index in [2.05, 4.69) is 10.1 Å². The van der Waals surface area contributed by atoms with Gasteiger partial charge in [-0.15, -0.1) is 0 Å². The fourth-order valence-corrected chi connectivity index (χ4v) is 3.44. The minimum atomic E-state index is -0.183. The van der Waals surface area contributed by atoms with E-state index in [0.717, 1.165) is 5.69 Å². The van der Waals surface area contributed by atoms with Crippen molar-refractivity contribution in [2.45, 2.75) is 12.3 Å². The lowest BCUT2D eigenvalue weighted by atomic mass is 10.1. The highest BCUT2D eigenvalue weighted by molar-refractivity contribution is 6.30. The maximum atomic E-state index is 12.5. The van der Waals surface area contributed by atoms with Crippen LogP contribution in [0.4, 0.5) is 5.69 Å². The molecule has 0 spiro atoms. The molecule has 7 nitrogen and oxygen atoms in total. The Morgan fingerprint density at radius 3 is 2.79 bits per heavy atom. The van der Waals surface area contributed by atoms with Crippen LogP contribution in [-0.4, -0.2) is 36.8 Å².